The predicted molar refractivity (Wildman–Crippen MR) is 95.9 cm³/mol. The normalized spacial score (nSPS) is 27.6. The van der Waals surface area contributed by atoms with Crippen molar-refractivity contribution in [3.8, 4) is 0 Å². The SMILES string of the molecule is C[C@@H]1CN(C)[C@@H](C)C[C@@]1(OC(=O)c1ccccc1)c1ccccc1. The van der Waals surface area contributed by atoms with Gasteiger partial charge in [0.25, 0.3) is 0 Å². The van der Waals surface area contributed by atoms with E-state index in [0.717, 1.165) is 18.5 Å². The molecular weight excluding hydrogens is 298 g/mol. The average Bonchev–Trinajstić information content (AvgIpc) is 2.61. The Morgan fingerprint density at radius 3 is 2.25 bits per heavy atom. The zero-order chi connectivity index (χ0) is 17.2. The van der Waals surface area contributed by atoms with Gasteiger partial charge >= 0.3 is 5.97 Å². The van der Waals surface area contributed by atoms with Crippen LogP contribution in [0, 0.1) is 5.92 Å². The van der Waals surface area contributed by atoms with E-state index in [-0.39, 0.29) is 11.9 Å². The zero-order valence-corrected chi connectivity index (χ0v) is 14.6. The molecular formula is C21H25NO2. The molecule has 0 aromatic heterocycles. The Kier molecular flexibility index (Phi) is 4.72. The van der Waals surface area contributed by atoms with Crippen LogP contribution >= 0.6 is 0 Å². The summed E-state index contributed by atoms with van der Waals surface area (Å²) in [6.07, 6.45) is 0.799. The molecule has 3 nitrogen and oxygen atoms in total. The summed E-state index contributed by atoms with van der Waals surface area (Å²) in [5.74, 6) is -0.0307. The third-order valence-electron chi connectivity index (χ3n) is 5.26. The number of ether oxygens (including phenoxy) is 1. The first-order valence-electron chi connectivity index (χ1n) is 8.57. The summed E-state index contributed by atoms with van der Waals surface area (Å²) in [6, 6.07) is 19.8. The Hall–Kier alpha value is -2.13. The number of carbonyl (C=O) groups is 1. The second-order valence-electron chi connectivity index (χ2n) is 6.90. The highest BCUT2D eigenvalue weighted by Crippen LogP contribution is 2.43. The Morgan fingerprint density at radius 2 is 1.62 bits per heavy atom. The van der Waals surface area contributed by atoms with Gasteiger partial charge in [-0.15, -0.1) is 0 Å². The second kappa shape index (κ2) is 6.78. The van der Waals surface area contributed by atoms with Crippen molar-refractivity contribution in [3.05, 3.63) is 71.8 Å². The van der Waals surface area contributed by atoms with Crippen LogP contribution in [0.3, 0.4) is 0 Å². The van der Waals surface area contributed by atoms with Crippen molar-refractivity contribution in [1.82, 2.24) is 4.90 Å². The van der Waals surface area contributed by atoms with Crippen LogP contribution in [0.15, 0.2) is 60.7 Å². The molecule has 0 saturated carbocycles. The van der Waals surface area contributed by atoms with E-state index in [9.17, 15) is 4.79 Å². The van der Waals surface area contributed by atoms with Crippen LogP contribution in [0.5, 0.6) is 0 Å². The van der Waals surface area contributed by atoms with E-state index in [1.54, 1.807) is 0 Å². The maximum Gasteiger partial charge on any atom is 0.339 e. The van der Waals surface area contributed by atoms with Crippen LogP contribution in [-0.2, 0) is 10.3 Å². The number of likely N-dealkylation sites (tertiary alicyclic amines) is 1. The molecule has 1 saturated heterocycles. The zero-order valence-electron chi connectivity index (χ0n) is 14.6. The highest BCUT2D eigenvalue weighted by molar-refractivity contribution is 5.89. The van der Waals surface area contributed by atoms with E-state index in [1.807, 2.05) is 48.5 Å². The van der Waals surface area contributed by atoms with Crippen molar-refractivity contribution in [2.24, 2.45) is 5.92 Å². The molecule has 126 valence electrons. The molecule has 3 heteroatoms. The second-order valence-corrected chi connectivity index (χ2v) is 6.90. The highest BCUT2D eigenvalue weighted by Gasteiger charge is 2.47. The van der Waals surface area contributed by atoms with Gasteiger partial charge in [0.05, 0.1) is 5.56 Å². The molecule has 0 bridgehead atoms. The molecule has 1 aliphatic heterocycles. The van der Waals surface area contributed by atoms with Crippen molar-refractivity contribution in [3.63, 3.8) is 0 Å². The quantitative estimate of drug-likeness (QED) is 0.797. The number of hydrogen-bond donors (Lipinski definition) is 0. The van der Waals surface area contributed by atoms with Gasteiger partial charge in [-0.25, -0.2) is 4.79 Å². The van der Waals surface area contributed by atoms with Crippen molar-refractivity contribution in [2.45, 2.75) is 31.9 Å². The first kappa shape index (κ1) is 16.7. The number of benzene rings is 2. The monoisotopic (exact) mass is 323 g/mol. The minimum Gasteiger partial charge on any atom is -0.450 e. The van der Waals surface area contributed by atoms with Gasteiger partial charge in [-0.05, 0) is 31.7 Å². The fourth-order valence-electron chi connectivity index (χ4n) is 3.68. The van der Waals surface area contributed by atoms with Crippen LogP contribution in [-0.4, -0.2) is 30.5 Å². The summed E-state index contributed by atoms with van der Waals surface area (Å²) >= 11 is 0. The number of nitrogens with zero attached hydrogens (tertiary/aromatic N) is 1. The van der Waals surface area contributed by atoms with Crippen molar-refractivity contribution < 1.29 is 9.53 Å². The van der Waals surface area contributed by atoms with Gasteiger partial charge in [0.2, 0.25) is 0 Å². The van der Waals surface area contributed by atoms with Crippen LogP contribution in [0.25, 0.3) is 0 Å². The average molecular weight is 323 g/mol. The van der Waals surface area contributed by atoms with E-state index in [2.05, 4.69) is 37.9 Å². The lowest BCUT2D eigenvalue weighted by atomic mass is 9.74. The van der Waals surface area contributed by atoms with E-state index in [0.29, 0.717) is 11.6 Å². The van der Waals surface area contributed by atoms with Crippen LogP contribution in [0.1, 0.15) is 36.2 Å². The number of hydrogen-bond acceptors (Lipinski definition) is 3. The van der Waals surface area contributed by atoms with Crippen LogP contribution in [0.4, 0.5) is 0 Å². The van der Waals surface area contributed by atoms with Crippen LogP contribution < -0.4 is 0 Å². The molecule has 2 aromatic carbocycles. The minimum absolute atomic E-state index is 0.216. The van der Waals surface area contributed by atoms with Gasteiger partial charge < -0.3 is 9.64 Å². The molecule has 0 unspecified atom stereocenters. The van der Waals surface area contributed by atoms with Crippen molar-refractivity contribution in [2.75, 3.05) is 13.6 Å². The number of esters is 1. The number of piperidine rings is 1. The fourth-order valence-corrected chi connectivity index (χ4v) is 3.68. The Bertz CT molecular complexity index is 685. The van der Waals surface area contributed by atoms with Gasteiger partial charge in [0.15, 0.2) is 0 Å². The summed E-state index contributed by atoms with van der Waals surface area (Å²) in [4.78, 5) is 15.1. The summed E-state index contributed by atoms with van der Waals surface area (Å²) < 4.78 is 6.22. The summed E-state index contributed by atoms with van der Waals surface area (Å²) in [7, 11) is 2.13. The smallest absolute Gasteiger partial charge is 0.339 e. The van der Waals surface area contributed by atoms with Crippen LogP contribution in [0.2, 0.25) is 0 Å². The van der Waals surface area contributed by atoms with E-state index >= 15 is 0 Å². The van der Waals surface area contributed by atoms with E-state index in [4.69, 9.17) is 4.74 Å². The molecule has 3 rings (SSSR count). The first-order valence-corrected chi connectivity index (χ1v) is 8.57. The van der Waals surface area contributed by atoms with Gasteiger partial charge in [0.1, 0.15) is 5.60 Å². The Labute approximate surface area is 144 Å². The van der Waals surface area contributed by atoms with Gasteiger partial charge in [-0.2, -0.15) is 0 Å². The minimum atomic E-state index is -0.583. The number of rotatable bonds is 3. The summed E-state index contributed by atoms with van der Waals surface area (Å²) in [5.41, 5.74) is 1.11. The number of carbonyl (C=O) groups excluding carboxylic acids is 1. The molecule has 24 heavy (non-hydrogen) atoms. The summed E-state index contributed by atoms with van der Waals surface area (Å²) in [6.45, 7) is 5.27. The topological polar surface area (TPSA) is 29.5 Å². The molecule has 1 fully saturated rings. The van der Waals surface area contributed by atoms with Gasteiger partial charge in [-0.3, -0.25) is 0 Å². The third kappa shape index (κ3) is 3.09. The first-order chi connectivity index (χ1) is 11.5. The van der Waals surface area contributed by atoms with E-state index in [1.165, 1.54) is 0 Å². The molecule has 0 radical (unpaired) electrons. The molecule has 2 aromatic rings. The maximum atomic E-state index is 12.8. The van der Waals surface area contributed by atoms with Gasteiger partial charge in [-0.1, -0.05) is 55.5 Å². The van der Waals surface area contributed by atoms with Crippen molar-refractivity contribution in [1.29, 1.82) is 0 Å². The molecule has 0 spiro atoms. The largest absolute Gasteiger partial charge is 0.450 e. The molecule has 1 heterocycles. The molecule has 0 aliphatic carbocycles. The molecule has 1 aliphatic rings. The lowest BCUT2D eigenvalue weighted by molar-refractivity contribution is -0.0989. The third-order valence-corrected chi connectivity index (χ3v) is 5.26. The fraction of sp³-hybridized carbons (Fsp3) is 0.381. The Balaban J connectivity index is 1.98. The molecule has 0 amide bonds. The summed E-state index contributed by atoms with van der Waals surface area (Å²) in [5, 5.41) is 0. The standard InChI is InChI=1S/C21H25NO2/c1-16-15-22(3)17(2)14-21(16,19-12-8-5-9-13-19)24-20(23)18-10-6-4-7-11-18/h4-13,16-17H,14-15H2,1-3H3/t16-,17+,21+/m1/s1. The van der Waals surface area contributed by atoms with Crippen molar-refractivity contribution >= 4 is 5.97 Å². The lowest BCUT2D eigenvalue weighted by Gasteiger charge is -2.48. The Morgan fingerprint density at radius 1 is 1.04 bits per heavy atom. The molecule has 3 atom stereocenters. The molecule has 0 N–H and O–H groups in total. The predicted octanol–water partition coefficient (Wildman–Crippen LogP) is 4.10. The highest BCUT2D eigenvalue weighted by atomic mass is 16.6. The van der Waals surface area contributed by atoms with Gasteiger partial charge in [0, 0.05) is 24.9 Å². The maximum absolute atomic E-state index is 12.8. The van der Waals surface area contributed by atoms with E-state index < -0.39 is 5.60 Å². The lowest BCUT2D eigenvalue weighted by Crippen LogP contribution is -2.53.